The van der Waals surface area contributed by atoms with E-state index in [9.17, 15) is 0 Å². The van der Waals surface area contributed by atoms with Crippen LogP contribution in [0, 0.1) is 11.3 Å². The van der Waals surface area contributed by atoms with Crippen molar-refractivity contribution in [1.29, 1.82) is 5.26 Å². The maximum Gasteiger partial charge on any atom is 0.203 e. The molecule has 0 aliphatic carbocycles. The third kappa shape index (κ3) is 1.89. The number of nitriles is 1. The second-order valence-corrected chi connectivity index (χ2v) is 3.30. The number of nitrogens with one attached hydrogen (secondary N) is 1. The molecule has 0 unspecified atom stereocenters. The quantitative estimate of drug-likeness (QED) is 0.825. The smallest absolute Gasteiger partial charge is 0.203 e. The van der Waals surface area contributed by atoms with Gasteiger partial charge >= 0.3 is 0 Å². The van der Waals surface area contributed by atoms with E-state index in [4.69, 9.17) is 9.68 Å². The predicted octanol–water partition coefficient (Wildman–Crippen LogP) is 1.61. The second kappa shape index (κ2) is 3.89. The number of furan rings is 1. The van der Waals surface area contributed by atoms with Crippen molar-refractivity contribution in [3.05, 3.63) is 29.9 Å². The highest BCUT2D eigenvalue weighted by Gasteiger charge is 2.01. The van der Waals surface area contributed by atoms with Gasteiger partial charge in [0.15, 0.2) is 0 Å². The van der Waals surface area contributed by atoms with Crippen molar-refractivity contribution >= 4 is 16.5 Å². The lowest BCUT2D eigenvalue weighted by molar-refractivity contribution is 0.506. The molecule has 0 spiro atoms. The number of hydrogen-bond donors (Lipinski definition) is 1. The van der Waals surface area contributed by atoms with Crippen LogP contribution in [-0.2, 0) is 6.54 Å². The van der Waals surface area contributed by atoms with Gasteiger partial charge in [-0.2, -0.15) is 5.26 Å². The van der Waals surface area contributed by atoms with Crippen LogP contribution in [0.4, 0.5) is 5.00 Å². The minimum absolute atomic E-state index is 0.323. The van der Waals surface area contributed by atoms with Gasteiger partial charge in [-0.1, -0.05) is 4.49 Å². The summed E-state index contributed by atoms with van der Waals surface area (Å²) >= 11 is 1.28. The Morgan fingerprint density at radius 2 is 2.50 bits per heavy atom. The Kier molecular flexibility index (Phi) is 2.42. The zero-order chi connectivity index (χ0) is 9.80. The molecule has 2 rings (SSSR count). The van der Waals surface area contributed by atoms with Gasteiger partial charge in [-0.15, -0.1) is 5.10 Å². The van der Waals surface area contributed by atoms with Gasteiger partial charge in [0.05, 0.1) is 12.7 Å². The summed E-state index contributed by atoms with van der Waals surface area (Å²) in [6.45, 7) is 0.533. The molecule has 5 nitrogen and oxygen atoms in total. The Balaban J connectivity index is 1.96. The largest absolute Gasteiger partial charge is 0.449 e. The van der Waals surface area contributed by atoms with Crippen molar-refractivity contribution in [3.8, 4) is 6.07 Å². The van der Waals surface area contributed by atoms with Gasteiger partial charge in [0.2, 0.25) is 5.76 Å². The van der Waals surface area contributed by atoms with Crippen molar-refractivity contribution in [1.82, 2.24) is 9.59 Å². The van der Waals surface area contributed by atoms with Gasteiger partial charge in [0, 0.05) is 11.5 Å². The van der Waals surface area contributed by atoms with E-state index in [0.717, 1.165) is 10.8 Å². The van der Waals surface area contributed by atoms with Crippen molar-refractivity contribution in [2.75, 3.05) is 5.32 Å². The predicted molar refractivity (Wildman–Crippen MR) is 50.7 cm³/mol. The first kappa shape index (κ1) is 8.72. The van der Waals surface area contributed by atoms with Gasteiger partial charge in [0.25, 0.3) is 0 Å². The molecule has 0 saturated carbocycles. The maximum absolute atomic E-state index is 8.52. The van der Waals surface area contributed by atoms with E-state index in [1.54, 1.807) is 18.3 Å². The average molecular weight is 206 g/mol. The Bertz CT molecular complexity index is 442. The molecular weight excluding hydrogens is 200 g/mol. The number of hydrogen-bond acceptors (Lipinski definition) is 6. The highest BCUT2D eigenvalue weighted by Crippen LogP contribution is 2.12. The van der Waals surface area contributed by atoms with Gasteiger partial charge in [-0.25, -0.2) is 0 Å². The molecule has 0 fully saturated rings. The van der Waals surface area contributed by atoms with Crippen LogP contribution in [0.2, 0.25) is 0 Å². The molecule has 0 aliphatic heterocycles. The fourth-order valence-corrected chi connectivity index (χ4v) is 1.37. The third-order valence-electron chi connectivity index (χ3n) is 1.57. The van der Waals surface area contributed by atoms with Crippen LogP contribution >= 0.6 is 11.5 Å². The number of aromatic nitrogens is 2. The van der Waals surface area contributed by atoms with E-state index in [2.05, 4.69) is 14.9 Å². The first-order chi connectivity index (χ1) is 6.88. The second-order valence-electron chi connectivity index (χ2n) is 2.51. The number of anilines is 1. The highest BCUT2D eigenvalue weighted by atomic mass is 32.1. The van der Waals surface area contributed by atoms with E-state index in [-0.39, 0.29) is 0 Å². The van der Waals surface area contributed by atoms with Crippen LogP contribution in [0.15, 0.2) is 22.7 Å². The standard InChI is InChI=1S/C8H6N4OS/c9-3-6-1-2-7(13-6)4-10-8-5-11-12-14-8/h1-2,5,10H,4H2. The highest BCUT2D eigenvalue weighted by molar-refractivity contribution is 7.09. The molecule has 0 radical (unpaired) electrons. The number of nitrogens with zero attached hydrogens (tertiary/aromatic N) is 3. The lowest BCUT2D eigenvalue weighted by Crippen LogP contribution is -1.95. The number of rotatable bonds is 3. The lowest BCUT2D eigenvalue weighted by Gasteiger charge is -1.97. The average Bonchev–Trinajstić information content (AvgIpc) is 2.86. The summed E-state index contributed by atoms with van der Waals surface area (Å²) in [6.07, 6.45) is 1.64. The summed E-state index contributed by atoms with van der Waals surface area (Å²) < 4.78 is 8.87. The molecule has 70 valence electrons. The summed E-state index contributed by atoms with van der Waals surface area (Å²) in [4.78, 5) is 0. The van der Waals surface area contributed by atoms with Crippen molar-refractivity contribution in [2.24, 2.45) is 0 Å². The topological polar surface area (TPSA) is 74.7 Å². The van der Waals surface area contributed by atoms with Crippen molar-refractivity contribution in [3.63, 3.8) is 0 Å². The zero-order valence-corrected chi connectivity index (χ0v) is 7.91. The molecule has 0 amide bonds. The van der Waals surface area contributed by atoms with E-state index in [1.807, 2.05) is 6.07 Å². The SMILES string of the molecule is N#Cc1ccc(CNc2cnns2)o1. The molecule has 14 heavy (non-hydrogen) atoms. The summed E-state index contributed by atoms with van der Waals surface area (Å²) in [7, 11) is 0. The van der Waals surface area contributed by atoms with Gasteiger partial charge in [-0.05, 0) is 12.1 Å². The molecule has 0 saturated heterocycles. The monoisotopic (exact) mass is 206 g/mol. The van der Waals surface area contributed by atoms with Crippen LogP contribution in [0.1, 0.15) is 11.5 Å². The molecule has 2 heterocycles. The fourth-order valence-electron chi connectivity index (χ4n) is 0.952. The Hall–Kier alpha value is -1.87. The zero-order valence-electron chi connectivity index (χ0n) is 7.10. The summed E-state index contributed by atoms with van der Waals surface area (Å²) in [5.74, 6) is 1.04. The molecule has 2 aromatic heterocycles. The first-order valence-electron chi connectivity index (χ1n) is 3.88. The van der Waals surface area contributed by atoms with E-state index in [0.29, 0.717) is 12.3 Å². The minimum Gasteiger partial charge on any atom is -0.449 e. The van der Waals surface area contributed by atoms with Gasteiger partial charge in [-0.3, -0.25) is 0 Å². The van der Waals surface area contributed by atoms with Crippen LogP contribution in [0.3, 0.4) is 0 Å². The van der Waals surface area contributed by atoms with Crippen LogP contribution in [-0.4, -0.2) is 9.59 Å². The Morgan fingerprint density at radius 1 is 1.57 bits per heavy atom. The maximum atomic E-state index is 8.52. The van der Waals surface area contributed by atoms with Crippen LogP contribution < -0.4 is 5.32 Å². The Labute approximate surface area is 84.1 Å². The first-order valence-corrected chi connectivity index (χ1v) is 4.66. The van der Waals surface area contributed by atoms with Crippen LogP contribution in [0.25, 0.3) is 0 Å². The minimum atomic E-state index is 0.323. The molecule has 0 bridgehead atoms. The van der Waals surface area contributed by atoms with Crippen molar-refractivity contribution in [2.45, 2.75) is 6.54 Å². The lowest BCUT2D eigenvalue weighted by atomic mass is 10.4. The van der Waals surface area contributed by atoms with Crippen molar-refractivity contribution < 1.29 is 4.42 Å². The van der Waals surface area contributed by atoms with E-state index >= 15 is 0 Å². The molecule has 2 aromatic rings. The van der Waals surface area contributed by atoms with E-state index in [1.165, 1.54) is 11.5 Å². The third-order valence-corrected chi connectivity index (χ3v) is 2.19. The molecule has 0 aromatic carbocycles. The van der Waals surface area contributed by atoms with E-state index < -0.39 is 0 Å². The fraction of sp³-hybridized carbons (Fsp3) is 0.125. The Morgan fingerprint density at radius 3 is 3.14 bits per heavy atom. The summed E-state index contributed by atoms with van der Waals surface area (Å²) in [5, 5.41) is 16.1. The summed E-state index contributed by atoms with van der Waals surface area (Å²) in [5.41, 5.74) is 0. The molecule has 1 N–H and O–H groups in total. The van der Waals surface area contributed by atoms with Gasteiger partial charge < -0.3 is 9.73 Å². The molecular formula is C8H6N4OS. The van der Waals surface area contributed by atoms with Gasteiger partial charge in [0.1, 0.15) is 16.8 Å². The summed E-state index contributed by atoms with van der Waals surface area (Å²) in [6, 6.07) is 5.33. The van der Waals surface area contributed by atoms with Crippen LogP contribution in [0.5, 0.6) is 0 Å². The normalized spacial score (nSPS) is 9.64. The molecule has 0 atom stereocenters. The molecule has 0 aliphatic rings. The molecule has 6 heteroatoms.